The quantitative estimate of drug-likeness (QED) is 0.355. The minimum Gasteiger partial charge on any atom is -0.480 e. The fourth-order valence-electron chi connectivity index (χ4n) is 3.07. The Kier molecular flexibility index (Phi) is 11.7. The number of carboxylic acid groups (broad SMARTS) is 1. The predicted molar refractivity (Wildman–Crippen MR) is 132 cm³/mol. The number of hydrogen-bond donors (Lipinski definition) is 4. The zero-order valence-corrected chi connectivity index (χ0v) is 22.0. The molecule has 202 valence electrons. The van der Waals surface area contributed by atoms with Gasteiger partial charge in [-0.3, -0.25) is 4.79 Å². The number of carboxylic acids is 1. The van der Waals surface area contributed by atoms with Crippen LogP contribution in [0.1, 0.15) is 60.5 Å². The Morgan fingerprint density at radius 1 is 0.917 bits per heavy atom. The van der Waals surface area contributed by atoms with Gasteiger partial charge in [-0.15, -0.1) is 0 Å². The van der Waals surface area contributed by atoms with Gasteiger partial charge in [0.15, 0.2) is 0 Å². The van der Waals surface area contributed by atoms with Crippen molar-refractivity contribution in [3.05, 3.63) is 35.9 Å². The van der Waals surface area contributed by atoms with Crippen LogP contribution in [0, 0.1) is 0 Å². The smallest absolute Gasteiger partial charge is 0.408 e. The van der Waals surface area contributed by atoms with E-state index >= 15 is 0 Å². The lowest BCUT2D eigenvalue weighted by molar-refractivity contribution is -0.144. The van der Waals surface area contributed by atoms with Gasteiger partial charge in [0, 0.05) is 6.54 Å². The van der Waals surface area contributed by atoms with E-state index in [2.05, 4.69) is 16.0 Å². The maximum atomic E-state index is 13.0. The number of alkyl carbamates (subject to hydrolysis) is 2. The van der Waals surface area contributed by atoms with Crippen LogP contribution < -0.4 is 16.0 Å². The highest BCUT2D eigenvalue weighted by molar-refractivity contribution is 5.89. The van der Waals surface area contributed by atoms with Gasteiger partial charge in [0.2, 0.25) is 5.91 Å². The normalized spacial score (nSPS) is 14.1. The molecule has 4 N–H and O–H groups in total. The van der Waals surface area contributed by atoms with Crippen LogP contribution in [0.15, 0.2) is 30.3 Å². The van der Waals surface area contributed by atoms with E-state index in [1.165, 1.54) is 0 Å². The molecular weight excluding hydrogens is 470 g/mol. The number of rotatable bonds is 11. The van der Waals surface area contributed by atoms with Crippen molar-refractivity contribution in [3.63, 3.8) is 0 Å². The second-order valence-corrected chi connectivity index (χ2v) is 10.2. The average Bonchev–Trinajstić information content (AvgIpc) is 2.73. The summed E-state index contributed by atoms with van der Waals surface area (Å²) in [6, 6.07) is 6.42. The van der Waals surface area contributed by atoms with Gasteiger partial charge in [0.1, 0.15) is 24.3 Å². The zero-order valence-electron chi connectivity index (χ0n) is 22.0. The molecule has 0 aliphatic carbocycles. The summed E-state index contributed by atoms with van der Waals surface area (Å²) in [4.78, 5) is 49.0. The number of hydrogen-bond acceptors (Lipinski definition) is 7. The van der Waals surface area contributed by atoms with Crippen molar-refractivity contribution >= 4 is 24.1 Å². The third-order valence-electron chi connectivity index (χ3n) is 4.49. The number of carbonyl (C=O) groups is 4. The lowest BCUT2D eigenvalue weighted by Gasteiger charge is -2.31. The van der Waals surface area contributed by atoms with E-state index in [0.717, 1.165) is 5.56 Å². The monoisotopic (exact) mass is 509 g/mol. The zero-order chi connectivity index (χ0) is 27.5. The summed E-state index contributed by atoms with van der Waals surface area (Å²) in [5.74, 6) is -2.07. The van der Waals surface area contributed by atoms with Gasteiger partial charge in [0.05, 0.1) is 11.7 Å². The van der Waals surface area contributed by atoms with Gasteiger partial charge in [-0.2, -0.15) is 0 Å². The number of carbonyl (C=O) groups excluding carboxylic acids is 3. The summed E-state index contributed by atoms with van der Waals surface area (Å²) >= 11 is 0. The van der Waals surface area contributed by atoms with Crippen LogP contribution >= 0.6 is 0 Å². The van der Waals surface area contributed by atoms with Crippen LogP contribution in [-0.2, 0) is 30.4 Å². The molecule has 1 aromatic rings. The van der Waals surface area contributed by atoms with Crippen molar-refractivity contribution in [2.45, 2.75) is 90.9 Å². The molecule has 0 bridgehead atoms. The molecule has 3 unspecified atom stereocenters. The van der Waals surface area contributed by atoms with Crippen LogP contribution in [0.2, 0.25) is 0 Å². The first-order chi connectivity index (χ1) is 16.6. The first-order valence-corrected chi connectivity index (χ1v) is 11.7. The fourth-order valence-corrected chi connectivity index (χ4v) is 3.07. The third kappa shape index (κ3) is 12.9. The number of aliphatic carboxylic acids is 1. The van der Waals surface area contributed by atoms with E-state index in [1.807, 2.05) is 6.07 Å². The average molecular weight is 510 g/mol. The third-order valence-corrected chi connectivity index (χ3v) is 4.49. The maximum absolute atomic E-state index is 13.0. The summed E-state index contributed by atoms with van der Waals surface area (Å²) in [6.45, 7) is 12.0. The first kappa shape index (κ1) is 30.7. The van der Waals surface area contributed by atoms with Gasteiger partial charge in [-0.05, 0) is 60.5 Å². The molecule has 0 spiro atoms. The molecule has 0 saturated heterocycles. The Morgan fingerprint density at radius 3 is 2.06 bits per heavy atom. The van der Waals surface area contributed by atoms with E-state index in [-0.39, 0.29) is 19.6 Å². The molecule has 0 radical (unpaired) electrons. The molecule has 3 atom stereocenters. The summed E-state index contributed by atoms with van der Waals surface area (Å²) < 4.78 is 16.2. The van der Waals surface area contributed by atoms with Gasteiger partial charge < -0.3 is 35.3 Å². The molecule has 36 heavy (non-hydrogen) atoms. The lowest BCUT2D eigenvalue weighted by atomic mass is 10.1. The van der Waals surface area contributed by atoms with Crippen molar-refractivity contribution in [1.82, 2.24) is 16.0 Å². The molecule has 0 aliphatic rings. The lowest BCUT2D eigenvalue weighted by Crippen LogP contribution is -2.57. The number of ether oxygens (including phenoxy) is 3. The van der Waals surface area contributed by atoms with Crippen LogP contribution in [0.4, 0.5) is 9.59 Å². The molecular formula is C25H39N3O8. The molecule has 0 aliphatic heterocycles. The van der Waals surface area contributed by atoms with E-state index in [0.29, 0.717) is 0 Å². The summed E-state index contributed by atoms with van der Waals surface area (Å²) in [5.41, 5.74) is -0.588. The van der Waals surface area contributed by atoms with Gasteiger partial charge in [-0.25, -0.2) is 14.4 Å². The highest BCUT2D eigenvalue weighted by Gasteiger charge is 2.33. The largest absolute Gasteiger partial charge is 0.480 e. The minimum absolute atomic E-state index is 0.0103. The Bertz CT molecular complexity index is 878. The molecule has 1 rings (SSSR count). The fraction of sp³-hybridized carbons (Fsp3) is 0.600. The van der Waals surface area contributed by atoms with Crippen LogP contribution in [0.25, 0.3) is 0 Å². The van der Waals surface area contributed by atoms with Gasteiger partial charge >= 0.3 is 18.2 Å². The van der Waals surface area contributed by atoms with Crippen molar-refractivity contribution in [2.24, 2.45) is 0 Å². The SMILES string of the molecule is CC(OC(C)(C)C)C(NC(=O)OCc1ccccc1)C(=O)NC(CCNC(=O)OC(C)(C)C)C(=O)O. The van der Waals surface area contributed by atoms with E-state index in [4.69, 9.17) is 14.2 Å². The second kappa shape index (κ2) is 13.7. The van der Waals surface area contributed by atoms with Gasteiger partial charge in [0.25, 0.3) is 0 Å². The Labute approximate surface area is 212 Å². The van der Waals surface area contributed by atoms with Crippen LogP contribution in [-0.4, -0.2) is 65.1 Å². The van der Waals surface area contributed by atoms with E-state index in [1.54, 1.807) is 72.7 Å². The van der Waals surface area contributed by atoms with Crippen molar-refractivity contribution in [2.75, 3.05) is 6.54 Å². The van der Waals surface area contributed by atoms with Crippen molar-refractivity contribution in [3.8, 4) is 0 Å². The Balaban J connectivity index is 2.83. The van der Waals surface area contributed by atoms with Crippen LogP contribution in [0.3, 0.4) is 0 Å². The van der Waals surface area contributed by atoms with Gasteiger partial charge in [-0.1, -0.05) is 30.3 Å². The maximum Gasteiger partial charge on any atom is 0.408 e. The Morgan fingerprint density at radius 2 is 1.53 bits per heavy atom. The summed E-state index contributed by atoms with van der Waals surface area (Å²) in [6.07, 6.45) is -2.49. The summed E-state index contributed by atoms with van der Waals surface area (Å²) in [7, 11) is 0. The van der Waals surface area contributed by atoms with Crippen LogP contribution in [0.5, 0.6) is 0 Å². The highest BCUT2D eigenvalue weighted by Crippen LogP contribution is 2.14. The molecule has 0 saturated carbocycles. The minimum atomic E-state index is -1.33. The number of amides is 3. The van der Waals surface area contributed by atoms with E-state index in [9.17, 15) is 24.3 Å². The summed E-state index contributed by atoms with van der Waals surface area (Å²) in [5, 5.41) is 16.9. The predicted octanol–water partition coefficient (Wildman–Crippen LogP) is 2.97. The molecule has 11 heteroatoms. The first-order valence-electron chi connectivity index (χ1n) is 11.7. The Hall–Kier alpha value is -3.34. The molecule has 0 aromatic heterocycles. The topological polar surface area (TPSA) is 152 Å². The van der Waals surface area contributed by atoms with Crippen molar-refractivity contribution < 1.29 is 38.5 Å². The molecule has 0 fully saturated rings. The standard InChI is InChI=1S/C25H39N3O8/c1-16(35-24(2,3)4)19(28-23(33)34-15-17-11-9-8-10-12-17)20(29)27-18(21(30)31)13-14-26-22(32)36-25(5,6)7/h8-12,16,18-19H,13-15H2,1-7H3,(H,26,32)(H,27,29)(H,28,33)(H,30,31). The number of nitrogens with one attached hydrogen (secondary N) is 3. The highest BCUT2D eigenvalue weighted by atomic mass is 16.6. The molecule has 1 aromatic carbocycles. The van der Waals surface area contributed by atoms with E-state index < -0.39 is 53.5 Å². The molecule has 3 amide bonds. The number of benzene rings is 1. The van der Waals surface area contributed by atoms with Crippen molar-refractivity contribution in [1.29, 1.82) is 0 Å². The molecule has 0 heterocycles. The molecule has 11 nitrogen and oxygen atoms in total. The second-order valence-electron chi connectivity index (χ2n) is 10.2.